The van der Waals surface area contributed by atoms with E-state index in [0.717, 1.165) is 4.88 Å². The second kappa shape index (κ2) is 7.21. The molecule has 3 unspecified atom stereocenters. The van der Waals surface area contributed by atoms with E-state index < -0.39 is 17.6 Å². The fourth-order valence-corrected chi connectivity index (χ4v) is 4.47. The number of carbonyl (C=O) groups is 1. The lowest BCUT2D eigenvalue weighted by Crippen LogP contribution is -2.55. The number of nitrogens with zero attached hydrogens (tertiary/aromatic N) is 1. The standard InChI is InChI=1S/C15H16ClN3O2S2/c1-19-13(15(20)17-11-6-4-10(16)5-7-11)9-12(18-23(19)21)14-3-2-8-22-14/h2-8,12-13,18H,9H2,1H3,(H,17,20). The molecule has 1 aromatic carbocycles. The van der Waals surface area contributed by atoms with Gasteiger partial charge in [-0.1, -0.05) is 22.0 Å². The molecule has 122 valence electrons. The maximum absolute atomic E-state index is 12.6. The van der Waals surface area contributed by atoms with Gasteiger partial charge in [0.1, 0.15) is 17.6 Å². The van der Waals surface area contributed by atoms with Crippen molar-refractivity contribution in [3.63, 3.8) is 0 Å². The first-order chi connectivity index (χ1) is 11.0. The summed E-state index contributed by atoms with van der Waals surface area (Å²) in [5, 5.41) is 5.44. The zero-order valence-corrected chi connectivity index (χ0v) is 14.8. The molecule has 0 spiro atoms. The molecule has 0 bridgehead atoms. The molecule has 5 nitrogen and oxygen atoms in total. The molecule has 23 heavy (non-hydrogen) atoms. The van der Waals surface area contributed by atoms with Gasteiger partial charge < -0.3 is 9.87 Å². The maximum Gasteiger partial charge on any atom is 0.246 e. The van der Waals surface area contributed by atoms with Gasteiger partial charge >= 0.3 is 0 Å². The minimum Gasteiger partial charge on any atom is -0.579 e. The van der Waals surface area contributed by atoms with Gasteiger partial charge in [0.25, 0.3) is 0 Å². The number of thiophene rings is 1. The minimum absolute atomic E-state index is 0.0898. The number of anilines is 1. The monoisotopic (exact) mass is 369 g/mol. The highest BCUT2D eigenvalue weighted by Crippen LogP contribution is 2.30. The molecular weight excluding hydrogens is 354 g/mol. The third-order valence-corrected chi connectivity index (χ3v) is 6.21. The van der Waals surface area contributed by atoms with Crippen LogP contribution in [0, 0.1) is 0 Å². The summed E-state index contributed by atoms with van der Waals surface area (Å²) in [4.78, 5) is 13.7. The lowest BCUT2D eigenvalue weighted by atomic mass is 10.1. The van der Waals surface area contributed by atoms with E-state index in [2.05, 4.69) is 10.0 Å². The topological polar surface area (TPSA) is 67.4 Å². The van der Waals surface area contributed by atoms with Crippen LogP contribution in [0.3, 0.4) is 0 Å². The SMILES string of the molecule is CN1C(C(=O)Nc2ccc(Cl)cc2)CC(c2cccs2)N[S+]1[O-]. The molecule has 1 fully saturated rings. The first-order valence-electron chi connectivity index (χ1n) is 7.05. The highest BCUT2D eigenvalue weighted by molar-refractivity contribution is 7.87. The van der Waals surface area contributed by atoms with E-state index in [4.69, 9.17) is 11.6 Å². The van der Waals surface area contributed by atoms with Gasteiger partial charge in [-0.15, -0.1) is 16.1 Å². The van der Waals surface area contributed by atoms with Gasteiger partial charge in [-0.05, 0) is 35.7 Å². The van der Waals surface area contributed by atoms with E-state index in [-0.39, 0.29) is 11.9 Å². The Morgan fingerprint density at radius 2 is 2.17 bits per heavy atom. The smallest absolute Gasteiger partial charge is 0.246 e. The van der Waals surface area contributed by atoms with Crippen molar-refractivity contribution in [3.8, 4) is 0 Å². The number of nitrogens with one attached hydrogen (secondary N) is 2. The van der Waals surface area contributed by atoms with Crippen LogP contribution < -0.4 is 10.0 Å². The van der Waals surface area contributed by atoms with Crippen LogP contribution in [0.1, 0.15) is 17.3 Å². The van der Waals surface area contributed by atoms with Crippen LogP contribution in [0.2, 0.25) is 5.02 Å². The van der Waals surface area contributed by atoms with E-state index in [0.29, 0.717) is 17.1 Å². The van der Waals surface area contributed by atoms with Crippen LogP contribution in [0.5, 0.6) is 0 Å². The van der Waals surface area contributed by atoms with Crippen molar-refractivity contribution in [3.05, 3.63) is 51.7 Å². The molecule has 1 saturated heterocycles. The second-order valence-electron chi connectivity index (χ2n) is 5.23. The molecule has 2 aromatic rings. The van der Waals surface area contributed by atoms with Crippen LogP contribution in [-0.2, 0) is 16.3 Å². The zero-order chi connectivity index (χ0) is 16.4. The zero-order valence-electron chi connectivity index (χ0n) is 12.4. The van der Waals surface area contributed by atoms with Crippen molar-refractivity contribution < 1.29 is 9.35 Å². The Morgan fingerprint density at radius 3 is 2.83 bits per heavy atom. The van der Waals surface area contributed by atoms with Gasteiger partial charge in [-0.2, -0.15) is 0 Å². The lowest BCUT2D eigenvalue weighted by Gasteiger charge is -2.35. The summed E-state index contributed by atoms with van der Waals surface area (Å²) >= 11 is 6.03. The van der Waals surface area contributed by atoms with E-state index in [1.54, 1.807) is 47.0 Å². The highest BCUT2D eigenvalue weighted by Gasteiger charge is 2.41. The molecule has 3 atom stereocenters. The molecule has 1 amide bonds. The number of likely N-dealkylation sites (N-methyl/N-ethyl adjacent to an activating group) is 1. The summed E-state index contributed by atoms with van der Waals surface area (Å²) in [5.41, 5.74) is 0.671. The highest BCUT2D eigenvalue weighted by atomic mass is 35.5. The minimum atomic E-state index is -1.40. The number of hydrogen-bond acceptors (Lipinski definition) is 5. The average Bonchev–Trinajstić information content (AvgIpc) is 3.06. The van der Waals surface area contributed by atoms with Gasteiger partial charge in [0.2, 0.25) is 5.91 Å². The number of hydrogen-bond donors (Lipinski definition) is 2. The van der Waals surface area contributed by atoms with Crippen molar-refractivity contribution in [2.24, 2.45) is 0 Å². The predicted octanol–water partition coefficient (Wildman–Crippen LogP) is 2.95. The van der Waals surface area contributed by atoms with Crippen LogP contribution in [0.15, 0.2) is 41.8 Å². The third-order valence-electron chi connectivity index (χ3n) is 3.70. The third kappa shape index (κ3) is 3.88. The molecule has 0 radical (unpaired) electrons. The fraction of sp³-hybridized carbons (Fsp3) is 0.267. The van der Waals surface area contributed by atoms with E-state index >= 15 is 0 Å². The summed E-state index contributed by atoms with van der Waals surface area (Å²) in [6, 6.07) is 10.3. The maximum atomic E-state index is 12.6. The Balaban J connectivity index is 1.73. The fourth-order valence-electron chi connectivity index (χ4n) is 2.43. The molecule has 2 heterocycles. The van der Waals surface area contributed by atoms with Crippen molar-refractivity contribution >= 4 is 46.1 Å². The van der Waals surface area contributed by atoms with E-state index in [9.17, 15) is 9.35 Å². The Morgan fingerprint density at radius 1 is 1.43 bits per heavy atom. The van der Waals surface area contributed by atoms with Gasteiger partial charge in [0, 0.05) is 29.1 Å². The molecule has 1 aliphatic heterocycles. The Kier molecular flexibility index (Phi) is 5.25. The molecule has 0 aliphatic carbocycles. The number of amides is 1. The van der Waals surface area contributed by atoms with Crippen LogP contribution in [-0.4, -0.2) is 27.9 Å². The summed E-state index contributed by atoms with van der Waals surface area (Å²) < 4.78 is 16.8. The molecular formula is C15H16ClN3O2S2. The quantitative estimate of drug-likeness (QED) is 0.816. The van der Waals surface area contributed by atoms with Gasteiger partial charge in [0.05, 0.1) is 6.04 Å². The van der Waals surface area contributed by atoms with Crippen LogP contribution >= 0.6 is 22.9 Å². The van der Waals surface area contributed by atoms with Crippen LogP contribution in [0.25, 0.3) is 0 Å². The Bertz CT molecular complexity index is 666. The first-order valence-corrected chi connectivity index (χ1v) is 9.42. The largest absolute Gasteiger partial charge is 0.579 e. The number of halogens is 1. The molecule has 8 heteroatoms. The normalized spacial score (nSPS) is 25.3. The van der Waals surface area contributed by atoms with Crippen molar-refractivity contribution in [2.45, 2.75) is 18.5 Å². The van der Waals surface area contributed by atoms with Crippen molar-refractivity contribution in [1.82, 2.24) is 9.03 Å². The lowest BCUT2D eigenvalue weighted by molar-refractivity contribution is -0.120. The number of rotatable bonds is 3. The molecule has 1 aromatic heterocycles. The summed E-state index contributed by atoms with van der Waals surface area (Å²) in [6.07, 6.45) is 0.558. The molecule has 3 rings (SSSR count). The molecule has 0 saturated carbocycles. The Labute approximate surface area is 147 Å². The summed E-state index contributed by atoms with van der Waals surface area (Å²) in [6.45, 7) is 0. The summed E-state index contributed by atoms with van der Waals surface area (Å²) in [7, 11) is 1.68. The second-order valence-corrected chi connectivity index (χ2v) is 7.95. The number of benzene rings is 1. The van der Waals surface area contributed by atoms with Crippen molar-refractivity contribution in [1.29, 1.82) is 0 Å². The van der Waals surface area contributed by atoms with Gasteiger partial charge in [-0.25, -0.2) is 0 Å². The van der Waals surface area contributed by atoms with Crippen LogP contribution in [0.4, 0.5) is 5.69 Å². The van der Waals surface area contributed by atoms with Gasteiger partial charge in [-0.3, -0.25) is 4.79 Å². The average molecular weight is 370 g/mol. The molecule has 2 N–H and O–H groups in total. The van der Waals surface area contributed by atoms with Crippen molar-refractivity contribution in [2.75, 3.05) is 12.4 Å². The number of carbonyl (C=O) groups excluding carboxylic acids is 1. The first kappa shape index (κ1) is 16.8. The molecule has 1 aliphatic rings. The van der Waals surface area contributed by atoms with Gasteiger partial charge in [0.15, 0.2) is 0 Å². The Hall–Kier alpha value is -1.09. The van der Waals surface area contributed by atoms with E-state index in [1.807, 2.05) is 17.5 Å². The van der Waals surface area contributed by atoms with E-state index in [1.165, 1.54) is 0 Å². The summed E-state index contributed by atoms with van der Waals surface area (Å²) in [5.74, 6) is -0.175. The predicted molar refractivity (Wildman–Crippen MR) is 94.6 cm³/mol.